The van der Waals surface area contributed by atoms with E-state index in [-0.39, 0.29) is 12.5 Å². The van der Waals surface area contributed by atoms with Crippen LogP contribution in [-0.4, -0.2) is 26.7 Å². The molecule has 0 bridgehead atoms. The summed E-state index contributed by atoms with van der Waals surface area (Å²) >= 11 is 0. The van der Waals surface area contributed by atoms with E-state index in [4.69, 9.17) is 5.11 Å². The van der Waals surface area contributed by atoms with Gasteiger partial charge in [-0.15, -0.1) is 0 Å². The van der Waals surface area contributed by atoms with E-state index in [0.717, 1.165) is 24.8 Å². The summed E-state index contributed by atoms with van der Waals surface area (Å²) in [6, 6.07) is 7.08. The van der Waals surface area contributed by atoms with Crippen LogP contribution in [0.5, 0.6) is 0 Å². The zero-order chi connectivity index (χ0) is 15.9. The lowest BCUT2D eigenvalue weighted by Gasteiger charge is -2.10. The van der Waals surface area contributed by atoms with Crippen LogP contribution in [0.25, 0.3) is 0 Å². The molecule has 0 amide bonds. The van der Waals surface area contributed by atoms with Crippen LogP contribution in [0.1, 0.15) is 39.2 Å². The van der Waals surface area contributed by atoms with E-state index < -0.39 is 10.0 Å². The predicted octanol–water partition coefficient (Wildman–Crippen LogP) is 2.57. The molecule has 0 aliphatic heterocycles. The van der Waals surface area contributed by atoms with E-state index >= 15 is 0 Å². The summed E-state index contributed by atoms with van der Waals surface area (Å²) in [7, 11) is -3.42. The van der Waals surface area contributed by atoms with Gasteiger partial charge >= 0.3 is 0 Å². The second kappa shape index (κ2) is 8.51. The van der Waals surface area contributed by atoms with Crippen LogP contribution in [0, 0.1) is 11.8 Å². The normalized spacial score (nSPS) is 13.6. The fraction of sp³-hybridized carbons (Fsp3) is 0.625. The number of nitrogens with one attached hydrogen (secondary N) is 1. The lowest BCUT2D eigenvalue weighted by molar-refractivity contribution is 0.228. The number of benzene rings is 1. The monoisotopic (exact) mass is 313 g/mol. The van der Waals surface area contributed by atoms with Gasteiger partial charge in [0, 0.05) is 13.2 Å². The Balaban J connectivity index is 2.54. The molecule has 0 saturated carbocycles. The SMILES string of the molecule is CC(C)Cc1ccc(S(=O)(=O)NCCCC(C)CO)cc1. The summed E-state index contributed by atoms with van der Waals surface area (Å²) in [5, 5.41) is 8.92. The highest BCUT2D eigenvalue weighted by Gasteiger charge is 2.13. The van der Waals surface area contributed by atoms with Crippen molar-refractivity contribution in [2.24, 2.45) is 11.8 Å². The minimum absolute atomic E-state index is 0.143. The molecule has 0 saturated heterocycles. The zero-order valence-corrected chi connectivity index (χ0v) is 14.0. The number of hydrogen-bond acceptors (Lipinski definition) is 3. The second-order valence-electron chi connectivity index (χ2n) is 6.07. The Morgan fingerprint density at radius 2 is 1.76 bits per heavy atom. The lowest BCUT2D eigenvalue weighted by Crippen LogP contribution is -2.25. The quantitative estimate of drug-likeness (QED) is 0.689. The van der Waals surface area contributed by atoms with Crippen LogP contribution in [0.2, 0.25) is 0 Å². The molecule has 0 fully saturated rings. The summed E-state index contributed by atoms with van der Waals surface area (Å²) in [5.41, 5.74) is 1.15. The maximum Gasteiger partial charge on any atom is 0.240 e. The predicted molar refractivity (Wildman–Crippen MR) is 85.7 cm³/mol. The van der Waals surface area contributed by atoms with Crippen molar-refractivity contribution >= 4 is 10.0 Å². The molecule has 0 aromatic heterocycles. The third-order valence-electron chi connectivity index (χ3n) is 3.36. The van der Waals surface area contributed by atoms with E-state index in [1.807, 2.05) is 19.1 Å². The van der Waals surface area contributed by atoms with Gasteiger partial charge in [0.15, 0.2) is 0 Å². The van der Waals surface area contributed by atoms with Crippen molar-refractivity contribution in [3.05, 3.63) is 29.8 Å². The number of aliphatic hydroxyl groups excluding tert-OH is 1. The number of rotatable bonds is 9. The molecule has 5 heteroatoms. The van der Waals surface area contributed by atoms with Gasteiger partial charge < -0.3 is 5.11 Å². The van der Waals surface area contributed by atoms with Gasteiger partial charge in [0.1, 0.15) is 0 Å². The fourth-order valence-corrected chi connectivity index (χ4v) is 3.18. The van der Waals surface area contributed by atoms with Crippen LogP contribution in [0.4, 0.5) is 0 Å². The molecular formula is C16H27NO3S. The molecule has 120 valence electrons. The van der Waals surface area contributed by atoms with E-state index in [0.29, 0.717) is 17.4 Å². The van der Waals surface area contributed by atoms with E-state index in [1.54, 1.807) is 12.1 Å². The van der Waals surface area contributed by atoms with Gasteiger partial charge in [-0.2, -0.15) is 0 Å². The Labute approximate surface area is 128 Å². The molecule has 0 aliphatic rings. The molecule has 1 atom stereocenters. The van der Waals surface area contributed by atoms with Crippen molar-refractivity contribution in [2.45, 2.75) is 44.9 Å². The first-order valence-electron chi connectivity index (χ1n) is 7.54. The van der Waals surface area contributed by atoms with E-state index in [1.165, 1.54) is 0 Å². The van der Waals surface area contributed by atoms with Gasteiger partial charge in [-0.1, -0.05) is 32.9 Å². The minimum atomic E-state index is -3.42. The Morgan fingerprint density at radius 1 is 1.14 bits per heavy atom. The lowest BCUT2D eigenvalue weighted by atomic mass is 10.0. The van der Waals surface area contributed by atoms with E-state index in [2.05, 4.69) is 18.6 Å². The van der Waals surface area contributed by atoms with Crippen molar-refractivity contribution < 1.29 is 13.5 Å². The first kappa shape index (κ1) is 18.1. The Kier molecular flexibility index (Phi) is 7.35. The van der Waals surface area contributed by atoms with Gasteiger partial charge in [-0.05, 0) is 48.8 Å². The van der Waals surface area contributed by atoms with Gasteiger partial charge in [0.05, 0.1) is 4.90 Å². The molecule has 0 spiro atoms. The highest BCUT2D eigenvalue weighted by Crippen LogP contribution is 2.13. The van der Waals surface area contributed by atoms with Crippen molar-refractivity contribution in [1.82, 2.24) is 4.72 Å². The molecule has 2 N–H and O–H groups in total. The number of hydrogen-bond donors (Lipinski definition) is 2. The highest BCUT2D eigenvalue weighted by molar-refractivity contribution is 7.89. The van der Waals surface area contributed by atoms with Gasteiger partial charge in [-0.3, -0.25) is 0 Å². The molecule has 0 heterocycles. The average molecular weight is 313 g/mol. The smallest absolute Gasteiger partial charge is 0.240 e. The highest BCUT2D eigenvalue weighted by atomic mass is 32.2. The second-order valence-corrected chi connectivity index (χ2v) is 7.84. The largest absolute Gasteiger partial charge is 0.396 e. The van der Waals surface area contributed by atoms with Crippen molar-refractivity contribution in [1.29, 1.82) is 0 Å². The van der Waals surface area contributed by atoms with Gasteiger partial charge in [0.2, 0.25) is 10.0 Å². The van der Waals surface area contributed by atoms with Gasteiger partial charge in [-0.25, -0.2) is 13.1 Å². The van der Waals surface area contributed by atoms with Crippen LogP contribution >= 0.6 is 0 Å². The van der Waals surface area contributed by atoms with Crippen molar-refractivity contribution in [3.63, 3.8) is 0 Å². The third-order valence-corrected chi connectivity index (χ3v) is 4.83. The van der Waals surface area contributed by atoms with Crippen LogP contribution in [0.3, 0.4) is 0 Å². The summed E-state index contributed by atoms with van der Waals surface area (Å²) in [6.07, 6.45) is 2.49. The summed E-state index contributed by atoms with van der Waals surface area (Å²) in [4.78, 5) is 0.310. The average Bonchev–Trinajstić information content (AvgIpc) is 2.43. The molecule has 0 radical (unpaired) electrons. The first-order valence-corrected chi connectivity index (χ1v) is 9.03. The van der Waals surface area contributed by atoms with Crippen LogP contribution in [-0.2, 0) is 16.4 Å². The van der Waals surface area contributed by atoms with Gasteiger partial charge in [0.25, 0.3) is 0 Å². The third kappa shape index (κ3) is 6.59. The molecule has 1 unspecified atom stereocenters. The Morgan fingerprint density at radius 3 is 2.29 bits per heavy atom. The molecule has 0 aliphatic carbocycles. The van der Waals surface area contributed by atoms with Crippen LogP contribution in [0.15, 0.2) is 29.2 Å². The first-order chi connectivity index (χ1) is 9.85. The summed E-state index contributed by atoms with van der Waals surface area (Å²) < 4.78 is 26.8. The fourth-order valence-electron chi connectivity index (χ4n) is 2.11. The Hall–Kier alpha value is -0.910. The van der Waals surface area contributed by atoms with Crippen molar-refractivity contribution in [2.75, 3.05) is 13.2 Å². The van der Waals surface area contributed by atoms with E-state index in [9.17, 15) is 8.42 Å². The summed E-state index contributed by atoms with van der Waals surface area (Å²) in [6.45, 7) is 6.77. The molecule has 4 nitrogen and oxygen atoms in total. The molecule has 1 rings (SSSR count). The maximum atomic E-state index is 12.1. The zero-order valence-electron chi connectivity index (χ0n) is 13.2. The number of sulfonamides is 1. The number of aliphatic hydroxyl groups is 1. The van der Waals surface area contributed by atoms with Crippen molar-refractivity contribution in [3.8, 4) is 0 Å². The summed E-state index contributed by atoms with van der Waals surface area (Å²) in [5.74, 6) is 0.768. The molecule has 1 aromatic carbocycles. The Bertz CT molecular complexity index is 509. The molecule has 21 heavy (non-hydrogen) atoms. The molecule has 1 aromatic rings. The maximum absolute atomic E-state index is 12.1. The minimum Gasteiger partial charge on any atom is -0.396 e. The molecular weight excluding hydrogens is 286 g/mol. The topological polar surface area (TPSA) is 66.4 Å². The standard InChI is InChI=1S/C16H27NO3S/c1-13(2)11-15-6-8-16(9-7-15)21(19,20)17-10-4-5-14(3)12-18/h6-9,13-14,17-18H,4-5,10-12H2,1-3H3. The van der Waals surface area contributed by atoms with Crippen LogP contribution < -0.4 is 4.72 Å².